The van der Waals surface area contributed by atoms with Crippen LogP contribution in [0.5, 0.6) is 0 Å². The van der Waals surface area contributed by atoms with Crippen LogP contribution in [0, 0.1) is 0 Å². The predicted molar refractivity (Wildman–Crippen MR) is 62.2 cm³/mol. The van der Waals surface area contributed by atoms with Gasteiger partial charge >= 0.3 is 18.2 Å². The lowest BCUT2D eigenvalue weighted by atomic mass is 10.0. The standard InChI is InChI=1S/C11H17F3N2O4/c1-9(2)6-16(4-5-20-9)8(19)15-10(3,7(17)18)11(12,13)14/h4-6H2,1-3H3,(H,15,19)(H,17,18). The van der Waals surface area contributed by atoms with E-state index in [4.69, 9.17) is 9.84 Å². The maximum absolute atomic E-state index is 12.8. The fourth-order valence-electron chi connectivity index (χ4n) is 1.73. The number of amides is 2. The molecule has 0 aromatic heterocycles. The van der Waals surface area contributed by atoms with E-state index in [1.54, 1.807) is 19.2 Å². The number of nitrogens with zero attached hydrogens (tertiary/aromatic N) is 1. The first-order chi connectivity index (χ1) is 8.89. The monoisotopic (exact) mass is 298 g/mol. The van der Waals surface area contributed by atoms with E-state index in [9.17, 15) is 22.8 Å². The van der Waals surface area contributed by atoms with Crippen LogP contribution < -0.4 is 5.32 Å². The van der Waals surface area contributed by atoms with Crippen molar-refractivity contribution in [2.45, 2.75) is 38.1 Å². The van der Waals surface area contributed by atoms with E-state index in [-0.39, 0.29) is 19.7 Å². The highest BCUT2D eigenvalue weighted by Gasteiger charge is 2.59. The number of rotatable bonds is 2. The summed E-state index contributed by atoms with van der Waals surface area (Å²) in [5.41, 5.74) is -4.01. The van der Waals surface area contributed by atoms with Crippen LogP contribution in [0.3, 0.4) is 0 Å². The van der Waals surface area contributed by atoms with Crippen molar-refractivity contribution in [3.05, 3.63) is 0 Å². The molecule has 1 unspecified atom stereocenters. The normalized spacial score (nSPS) is 22.0. The van der Waals surface area contributed by atoms with Gasteiger partial charge in [-0.05, 0) is 20.8 Å². The minimum Gasteiger partial charge on any atom is -0.479 e. The molecule has 1 rings (SSSR count). The number of alkyl halides is 3. The summed E-state index contributed by atoms with van der Waals surface area (Å²) in [6.07, 6.45) is -5.10. The van der Waals surface area contributed by atoms with Crippen LogP contribution in [0.1, 0.15) is 20.8 Å². The molecule has 1 aliphatic rings. The Morgan fingerprint density at radius 3 is 2.30 bits per heavy atom. The van der Waals surface area contributed by atoms with E-state index in [0.717, 1.165) is 4.90 Å². The minimum absolute atomic E-state index is 0.0758. The smallest absolute Gasteiger partial charge is 0.422 e. The largest absolute Gasteiger partial charge is 0.479 e. The average Bonchev–Trinajstić information content (AvgIpc) is 2.25. The Kier molecular flexibility index (Phi) is 4.23. The number of carboxylic acid groups (broad SMARTS) is 1. The molecule has 1 aliphatic heterocycles. The van der Waals surface area contributed by atoms with Crippen LogP contribution >= 0.6 is 0 Å². The Labute approximate surface area is 113 Å². The second kappa shape index (κ2) is 5.12. The van der Waals surface area contributed by atoms with Crippen molar-refractivity contribution in [3.8, 4) is 0 Å². The Balaban J connectivity index is 2.85. The summed E-state index contributed by atoms with van der Waals surface area (Å²) in [7, 11) is 0. The lowest BCUT2D eigenvalue weighted by molar-refractivity contribution is -0.203. The molecule has 0 bridgehead atoms. The van der Waals surface area contributed by atoms with Gasteiger partial charge < -0.3 is 20.1 Å². The Hall–Kier alpha value is -1.51. The van der Waals surface area contributed by atoms with E-state index in [0.29, 0.717) is 6.92 Å². The zero-order chi connectivity index (χ0) is 15.8. The van der Waals surface area contributed by atoms with Crippen molar-refractivity contribution in [1.82, 2.24) is 10.2 Å². The number of hydrogen-bond donors (Lipinski definition) is 2. The molecule has 1 saturated heterocycles. The highest BCUT2D eigenvalue weighted by molar-refractivity contribution is 5.86. The van der Waals surface area contributed by atoms with Gasteiger partial charge in [-0.25, -0.2) is 9.59 Å². The SMILES string of the molecule is CC1(C)CN(C(=O)NC(C)(C(=O)O)C(F)(F)F)CCO1. The quantitative estimate of drug-likeness (QED) is 0.803. The maximum Gasteiger partial charge on any atom is 0.422 e. The summed E-state index contributed by atoms with van der Waals surface area (Å²) in [5.74, 6) is -2.16. The number of carbonyl (C=O) groups excluding carboxylic acids is 1. The topological polar surface area (TPSA) is 78.9 Å². The first-order valence-corrected chi connectivity index (χ1v) is 5.90. The number of ether oxygens (including phenoxy) is 1. The van der Waals surface area contributed by atoms with E-state index in [2.05, 4.69) is 0 Å². The maximum atomic E-state index is 12.8. The zero-order valence-electron chi connectivity index (χ0n) is 11.4. The zero-order valence-corrected chi connectivity index (χ0v) is 11.4. The van der Waals surface area contributed by atoms with Gasteiger partial charge in [-0.15, -0.1) is 0 Å². The molecule has 0 aromatic rings. The van der Waals surface area contributed by atoms with E-state index in [1.165, 1.54) is 0 Å². The molecule has 6 nitrogen and oxygen atoms in total. The second-order valence-corrected chi connectivity index (χ2v) is 5.39. The molecule has 116 valence electrons. The van der Waals surface area contributed by atoms with E-state index < -0.39 is 29.3 Å². The van der Waals surface area contributed by atoms with Gasteiger partial charge in [0.25, 0.3) is 0 Å². The molecule has 9 heteroatoms. The summed E-state index contributed by atoms with van der Waals surface area (Å²) >= 11 is 0. The van der Waals surface area contributed by atoms with Crippen molar-refractivity contribution in [2.24, 2.45) is 0 Å². The van der Waals surface area contributed by atoms with Crippen LogP contribution in [0.4, 0.5) is 18.0 Å². The summed E-state index contributed by atoms with van der Waals surface area (Å²) in [5, 5.41) is 10.3. The van der Waals surface area contributed by atoms with Gasteiger partial charge in [-0.1, -0.05) is 0 Å². The number of urea groups is 1. The van der Waals surface area contributed by atoms with Gasteiger partial charge in [0.15, 0.2) is 0 Å². The average molecular weight is 298 g/mol. The second-order valence-electron chi connectivity index (χ2n) is 5.39. The van der Waals surface area contributed by atoms with E-state index in [1.807, 2.05) is 0 Å². The molecular formula is C11H17F3N2O4. The summed E-state index contributed by atoms with van der Waals surface area (Å²) in [6.45, 7) is 4.14. The summed E-state index contributed by atoms with van der Waals surface area (Å²) < 4.78 is 43.7. The highest BCUT2D eigenvalue weighted by Crippen LogP contribution is 2.30. The number of halogens is 3. The molecule has 0 spiro atoms. The predicted octanol–water partition coefficient (Wildman–Crippen LogP) is 1.21. The van der Waals surface area contributed by atoms with Crippen LogP contribution in [-0.2, 0) is 9.53 Å². The molecule has 1 atom stereocenters. The van der Waals surface area contributed by atoms with Gasteiger partial charge in [-0.2, -0.15) is 13.2 Å². The van der Waals surface area contributed by atoms with Crippen molar-refractivity contribution < 1.29 is 32.6 Å². The third kappa shape index (κ3) is 3.33. The molecule has 20 heavy (non-hydrogen) atoms. The van der Waals surface area contributed by atoms with Crippen LogP contribution in [0.25, 0.3) is 0 Å². The number of carboxylic acids is 1. The highest BCUT2D eigenvalue weighted by atomic mass is 19.4. The molecule has 0 radical (unpaired) electrons. The molecule has 0 aromatic carbocycles. The number of nitrogens with one attached hydrogen (secondary N) is 1. The van der Waals surface area contributed by atoms with Crippen molar-refractivity contribution in [3.63, 3.8) is 0 Å². The van der Waals surface area contributed by atoms with Crippen LogP contribution in [0.15, 0.2) is 0 Å². The van der Waals surface area contributed by atoms with Gasteiger partial charge in [0.2, 0.25) is 5.54 Å². The minimum atomic E-state index is -5.10. The third-order valence-electron chi connectivity index (χ3n) is 3.06. The van der Waals surface area contributed by atoms with Crippen LogP contribution in [-0.4, -0.2) is 59.0 Å². The van der Waals surface area contributed by atoms with Crippen LogP contribution in [0.2, 0.25) is 0 Å². The number of hydrogen-bond acceptors (Lipinski definition) is 3. The Bertz CT molecular complexity index is 411. The van der Waals surface area contributed by atoms with Gasteiger partial charge in [0.05, 0.1) is 18.8 Å². The third-order valence-corrected chi connectivity index (χ3v) is 3.06. The molecule has 0 aliphatic carbocycles. The summed E-state index contributed by atoms with van der Waals surface area (Å²) in [4.78, 5) is 23.8. The lowest BCUT2D eigenvalue weighted by Crippen LogP contribution is -2.65. The van der Waals surface area contributed by atoms with Crippen molar-refractivity contribution in [1.29, 1.82) is 0 Å². The molecular weight excluding hydrogens is 281 g/mol. The van der Waals surface area contributed by atoms with Gasteiger partial charge in [0, 0.05) is 6.54 Å². The molecule has 1 fully saturated rings. The fourth-order valence-corrected chi connectivity index (χ4v) is 1.73. The molecule has 0 saturated carbocycles. The fraction of sp³-hybridized carbons (Fsp3) is 0.818. The van der Waals surface area contributed by atoms with E-state index >= 15 is 0 Å². The number of aliphatic carboxylic acids is 1. The van der Waals surface area contributed by atoms with Gasteiger partial charge in [-0.3, -0.25) is 0 Å². The number of carbonyl (C=O) groups is 2. The molecule has 2 amide bonds. The molecule has 1 heterocycles. The van der Waals surface area contributed by atoms with Crippen molar-refractivity contribution in [2.75, 3.05) is 19.7 Å². The lowest BCUT2D eigenvalue weighted by Gasteiger charge is -2.39. The number of morpholine rings is 1. The van der Waals surface area contributed by atoms with Gasteiger partial charge in [0.1, 0.15) is 0 Å². The first kappa shape index (κ1) is 16.5. The first-order valence-electron chi connectivity index (χ1n) is 5.90. The molecule has 2 N–H and O–H groups in total. The Morgan fingerprint density at radius 1 is 1.35 bits per heavy atom. The summed E-state index contributed by atoms with van der Waals surface area (Å²) in [6, 6.07) is -1.08. The Morgan fingerprint density at radius 2 is 1.90 bits per heavy atom. The van der Waals surface area contributed by atoms with Crippen molar-refractivity contribution >= 4 is 12.0 Å².